The van der Waals surface area contributed by atoms with Gasteiger partial charge in [-0.15, -0.1) is 0 Å². The zero-order valence-electron chi connectivity index (χ0n) is 10.7. The van der Waals surface area contributed by atoms with Crippen LogP contribution in [0.1, 0.15) is 18.5 Å². The molecule has 6 heteroatoms. The summed E-state index contributed by atoms with van der Waals surface area (Å²) in [6.45, 7) is 1.90. The minimum Gasteiger partial charge on any atom is -0.456 e. The molecule has 1 atom stereocenters. The van der Waals surface area contributed by atoms with Gasteiger partial charge < -0.3 is 10.5 Å². The largest absolute Gasteiger partial charge is 0.456 e. The lowest BCUT2D eigenvalue weighted by Gasteiger charge is -2.10. The van der Waals surface area contributed by atoms with Crippen LogP contribution in [0.4, 0.5) is 5.69 Å². The number of halogens is 1. The third-order valence-corrected chi connectivity index (χ3v) is 3.57. The van der Waals surface area contributed by atoms with Crippen molar-refractivity contribution in [1.82, 2.24) is 0 Å². The highest BCUT2D eigenvalue weighted by Gasteiger charge is 2.16. The quantitative estimate of drug-likeness (QED) is 0.671. The van der Waals surface area contributed by atoms with Crippen molar-refractivity contribution >= 4 is 21.6 Å². The van der Waals surface area contributed by atoms with E-state index in [1.807, 2.05) is 19.1 Å². The zero-order valence-corrected chi connectivity index (χ0v) is 12.3. The van der Waals surface area contributed by atoms with Crippen LogP contribution in [0.3, 0.4) is 0 Å². The molecule has 0 aliphatic heterocycles. The Labute approximate surface area is 124 Å². The molecule has 1 unspecified atom stereocenters. The molecule has 0 heterocycles. The number of nitrogens with two attached hydrogens (primary N) is 1. The molecule has 2 rings (SSSR count). The van der Waals surface area contributed by atoms with Gasteiger partial charge in [0.25, 0.3) is 5.69 Å². The van der Waals surface area contributed by atoms with Gasteiger partial charge >= 0.3 is 0 Å². The second kappa shape index (κ2) is 6.02. The first-order valence-electron chi connectivity index (χ1n) is 5.95. The summed E-state index contributed by atoms with van der Waals surface area (Å²) in [4.78, 5) is 10.4. The van der Waals surface area contributed by atoms with Crippen molar-refractivity contribution in [3.63, 3.8) is 0 Å². The lowest BCUT2D eigenvalue weighted by molar-refractivity contribution is -0.385. The highest BCUT2D eigenvalue weighted by molar-refractivity contribution is 9.10. The summed E-state index contributed by atoms with van der Waals surface area (Å²) in [5.41, 5.74) is 6.73. The maximum atomic E-state index is 10.9. The molecule has 2 aromatic carbocycles. The van der Waals surface area contributed by atoms with E-state index in [2.05, 4.69) is 15.9 Å². The Bertz CT molecular complexity index is 627. The van der Waals surface area contributed by atoms with Crippen LogP contribution in [0, 0.1) is 10.1 Å². The first kappa shape index (κ1) is 14.5. The maximum Gasteiger partial charge on any atom is 0.287 e. The SMILES string of the molecule is CC(N)c1ccc(Oc2cccc([N+](=O)[O-])c2Br)cc1. The molecule has 0 spiro atoms. The van der Waals surface area contributed by atoms with Crippen LogP contribution in [-0.4, -0.2) is 4.92 Å². The molecule has 0 aliphatic rings. The number of hydrogen-bond acceptors (Lipinski definition) is 4. The Kier molecular flexibility index (Phi) is 4.36. The molecule has 0 saturated carbocycles. The summed E-state index contributed by atoms with van der Waals surface area (Å²) in [6.07, 6.45) is 0. The van der Waals surface area contributed by atoms with Gasteiger partial charge in [-0.05, 0) is 46.6 Å². The number of benzene rings is 2. The van der Waals surface area contributed by atoms with Crippen molar-refractivity contribution in [3.05, 3.63) is 62.6 Å². The van der Waals surface area contributed by atoms with Crippen LogP contribution < -0.4 is 10.5 Å². The number of rotatable bonds is 4. The Morgan fingerprint density at radius 2 is 1.90 bits per heavy atom. The average molecular weight is 337 g/mol. The predicted molar refractivity (Wildman–Crippen MR) is 79.9 cm³/mol. The highest BCUT2D eigenvalue weighted by Crippen LogP contribution is 2.36. The Balaban J connectivity index is 2.26. The summed E-state index contributed by atoms with van der Waals surface area (Å²) in [5.74, 6) is 0.989. The number of nitrogens with zero attached hydrogens (tertiary/aromatic N) is 1. The van der Waals surface area contributed by atoms with E-state index in [-0.39, 0.29) is 11.7 Å². The predicted octanol–water partition coefficient (Wildman–Crippen LogP) is 4.17. The van der Waals surface area contributed by atoms with Crippen molar-refractivity contribution in [2.45, 2.75) is 13.0 Å². The second-order valence-corrected chi connectivity index (χ2v) is 5.10. The van der Waals surface area contributed by atoms with E-state index in [9.17, 15) is 10.1 Å². The van der Waals surface area contributed by atoms with Crippen molar-refractivity contribution in [1.29, 1.82) is 0 Å². The van der Waals surface area contributed by atoms with Crippen molar-refractivity contribution < 1.29 is 9.66 Å². The number of nitro groups is 1. The number of ether oxygens (including phenoxy) is 1. The Morgan fingerprint density at radius 3 is 2.45 bits per heavy atom. The molecule has 0 aromatic heterocycles. The third-order valence-electron chi connectivity index (χ3n) is 2.77. The van der Waals surface area contributed by atoms with Crippen LogP contribution in [0.2, 0.25) is 0 Å². The first-order chi connectivity index (χ1) is 9.49. The number of hydrogen-bond donors (Lipinski definition) is 1. The molecule has 5 nitrogen and oxygen atoms in total. The minimum atomic E-state index is -0.462. The molecule has 0 fully saturated rings. The molecule has 104 valence electrons. The lowest BCUT2D eigenvalue weighted by atomic mass is 10.1. The van der Waals surface area contributed by atoms with Gasteiger partial charge in [-0.2, -0.15) is 0 Å². The third kappa shape index (κ3) is 3.15. The Morgan fingerprint density at radius 1 is 1.25 bits per heavy atom. The van der Waals surface area contributed by atoms with E-state index in [0.717, 1.165) is 5.56 Å². The highest BCUT2D eigenvalue weighted by atomic mass is 79.9. The normalized spacial score (nSPS) is 11.9. The molecular weight excluding hydrogens is 324 g/mol. The summed E-state index contributed by atoms with van der Waals surface area (Å²) in [7, 11) is 0. The second-order valence-electron chi connectivity index (χ2n) is 4.31. The molecule has 2 N–H and O–H groups in total. The summed E-state index contributed by atoms with van der Waals surface area (Å²) < 4.78 is 5.96. The molecule has 20 heavy (non-hydrogen) atoms. The Hall–Kier alpha value is -1.92. The molecule has 0 aliphatic carbocycles. The number of nitro benzene ring substituents is 1. The standard InChI is InChI=1S/C14H13BrN2O3/c1-9(16)10-5-7-11(8-6-10)20-13-4-2-3-12(14(13)15)17(18)19/h2-9H,16H2,1H3. The van der Waals surface area contributed by atoms with Gasteiger partial charge in [-0.25, -0.2) is 0 Å². The summed E-state index contributed by atoms with van der Waals surface area (Å²) >= 11 is 3.19. The van der Waals surface area contributed by atoms with Gasteiger partial charge in [-0.1, -0.05) is 18.2 Å². The van der Waals surface area contributed by atoms with E-state index >= 15 is 0 Å². The fraction of sp³-hybridized carbons (Fsp3) is 0.143. The van der Waals surface area contributed by atoms with Crippen LogP contribution in [0.5, 0.6) is 11.5 Å². The molecule has 0 bridgehead atoms. The maximum absolute atomic E-state index is 10.9. The zero-order chi connectivity index (χ0) is 14.7. The summed E-state index contributed by atoms with van der Waals surface area (Å²) in [5, 5.41) is 10.9. The first-order valence-corrected chi connectivity index (χ1v) is 6.74. The van der Waals surface area contributed by atoms with Crippen molar-refractivity contribution in [3.8, 4) is 11.5 Å². The monoisotopic (exact) mass is 336 g/mol. The van der Waals surface area contributed by atoms with Gasteiger partial charge in [0.15, 0.2) is 0 Å². The topological polar surface area (TPSA) is 78.4 Å². The van der Waals surface area contributed by atoms with Gasteiger partial charge in [-0.3, -0.25) is 10.1 Å². The summed E-state index contributed by atoms with van der Waals surface area (Å²) in [6, 6.07) is 11.9. The average Bonchev–Trinajstić information content (AvgIpc) is 2.41. The van der Waals surface area contributed by atoms with E-state index in [1.54, 1.807) is 24.3 Å². The molecule has 2 aromatic rings. The molecular formula is C14H13BrN2O3. The van der Waals surface area contributed by atoms with Crippen molar-refractivity contribution in [2.24, 2.45) is 5.73 Å². The molecule has 0 amide bonds. The van der Waals surface area contributed by atoms with E-state index < -0.39 is 4.92 Å². The van der Waals surface area contributed by atoms with Crippen LogP contribution in [0.15, 0.2) is 46.9 Å². The van der Waals surface area contributed by atoms with Crippen molar-refractivity contribution in [2.75, 3.05) is 0 Å². The van der Waals surface area contributed by atoms with E-state index in [1.165, 1.54) is 6.07 Å². The molecule has 0 radical (unpaired) electrons. The fourth-order valence-corrected chi connectivity index (χ4v) is 2.18. The van der Waals surface area contributed by atoms with E-state index in [0.29, 0.717) is 16.0 Å². The molecule has 0 saturated heterocycles. The van der Waals surface area contributed by atoms with E-state index in [4.69, 9.17) is 10.5 Å². The van der Waals surface area contributed by atoms with Gasteiger partial charge in [0.1, 0.15) is 16.0 Å². The van der Waals surface area contributed by atoms with Crippen LogP contribution in [-0.2, 0) is 0 Å². The van der Waals surface area contributed by atoms with Gasteiger partial charge in [0.05, 0.1) is 4.92 Å². The minimum absolute atomic E-state index is 0.0327. The lowest BCUT2D eigenvalue weighted by Crippen LogP contribution is -2.04. The van der Waals surface area contributed by atoms with Gasteiger partial charge in [0.2, 0.25) is 0 Å². The van der Waals surface area contributed by atoms with Crippen LogP contribution >= 0.6 is 15.9 Å². The smallest absolute Gasteiger partial charge is 0.287 e. The van der Waals surface area contributed by atoms with Gasteiger partial charge in [0, 0.05) is 12.1 Å². The fourth-order valence-electron chi connectivity index (χ4n) is 1.69. The van der Waals surface area contributed by atoms with Crippen LogP contribution in [0.25, 0.3) is 0 Å².